The molecule has 0 radical (unpaired) electrons. The molecule has 1 amide bonds. The van der Waals surface area contributed by atoms with Crippen molar-refractivity contribution in [2.24, 2.45) is 5.92 Å². The number of halogens is 1. The van der Waals surface area contributed by atoms with Crippen LogP contribution in [0.15, 0.2) is 47.5 Å². The summed E-state index contributed by atoms with van der Waals surface area (Å²) in [5, 5.41) is 12.3. The molecule has 0 heterocycles. The Hall–Kier alpha value is -2.07. The Bertz CT molecular complexity index is 764. The molecule has 1 fully saturated rings. The monoisotopic (exact) mass is 459 g/mol. The highest BCUT2D eigenvalue weighted by Crippen LogP contribution is 2.35. The lowest BCUT2D eigenvalue weighted by Crippen LogP contribution is -2.25. The van der Waals surface area contributed by atoms with Gasteiger partial charge >= 0.3 is 5.97 Å². The Morgan fingerprint density at radius 2 is 1.88 bits per heavy atom. The molecule has 2 aliphatic rings. The second-order valence-corrected chi connectivity index (χ2v) is 9.31. The molecule has 4 nitrogen and oxygen atoms in total. The van der Waals surface area contributed by atoms with Gasteiger partial charge in [-0.1, -0.05) is 81.3 Å². The van der Waals surface area contributed by atoms with Crippen LogP contribution in [0, 0.1) is 5.92 Å². The summed E-state index contributed by atoms with van der Waals surface area (Å²) < 4.78 is 0. The predicted molar refractivity (Wildman–Crippen MR) is 132 cm³/mol. The number of rotatable bonds is 9. The largest absolute Gasteiger partial charge is 0.481 e. The van der Waals surface area contributed by atoms with E-state index in [2.05, 4.69) is 30.4 Å². The van der Waals surface area contributed by atoms with Gasteiger partial charge in [0.05, 0.1) is 6.42 Å². The van der Waals surface area contributed by atoms with Gasteiger partial charge in [-0.2, -0.15) is 0 Å². The number of carboxylic acid groups (broad SMARTS) is 1. The van der Waals surface area contributed by atoms with Crippen LogP contribution in [0.25, 0.3) is 0 Å². The molecular formula is C27H38ClNO3. The normalized spacial score (nSPS) is 17.0. The fourth-order valence-corrected chi connectivity index (χ4v) is 4.64. The van der Waals surface area contributed by atoms with Crippen molar-refractivity contribution in [1.82, 2.24) is 5.32 Å². The SMILES string of the molecule is CCCC(CC1CCCCC1)c1ccc(C(=O)NCCC(=O)O)cc1.ClC1=CC=CCC1. The molecule has 1 unspecified atom stereocenters. The molecular weight excluding hydrogens is 422 g/mol. The Morgan fingerprint density at radius 1 is 1.16 bits per heavy atom. The van der Waals surface area contributed by atoms with Gasteiger partial charge in [0.15, 0.2) is 0 Å². The molecule has 0 bridgehead atoms. The van der Waals surface area contributed by atoms with E-state index < -0.39 is 5.97 Å². The van der Waals surface area contributed by atoms with E-state index in [9.17, 15) is 9.59 Å². The van der Waals surface area contributed by atoms with Gasteiger partial charge in [-0.25, -0.2) is 0 Å². The van der Waals surface area contributed by atoms with Crippen LogP contribution in [0.5, 0.6) is 0 Å². The maximum atomic E-state index is 12.0. The fraction of sp³-hybridized carbons (Fsp3) is 0.556. The van der Waals surface area contributed by atoms with E-state index in [1.54, 1.807) is 0 Å². The summed E-state index contributed by atoms with van der Waals surface area (Å²) in [5.74, 6) is 0.328. The lowest BCUT2D eigenvalue weighted by atomic mass is 9.79. The summed E-state index contributed by atoms with van der Waals surface area (Å²) >= 11 is 5.63. The van der Waals surface area contributed by atoms with Crippen molar-refractivity contribution in [3.8, 4) is 0 Å². The second kappa shape index (κ2) is 14.9. The van der Waals surface area contributed by atoms with Gasteiger partial charge in [0, 0.05) is 17.1 Å². The van der Waals surface area contributed by atoms with Crippen LogP contribution < -0.4 is 5.32 Å². The van der Waals surface area contributed by atoms with Crippen LogP contribution in [-0.4, -0.2) is 23.5 Å². The molecule has 2 aliphatic carbocycles. The van der Waals surface area contributed by atoms with Gasteiger partial charge < -0.3 is 10.4 Å². The predicted octanol–water partition coefficient (Wildman–Crippen LogP) is 7.20. The number of hydrogen-bond acceptors (Lipinski definition) is 2. The Kier molecular flexibility index (Phi) is 12.2. The minimum Gasteiger partial charge on any atom is -0.481 e. The molecule has 2 N–H and O–H groups in total. The molecule has 176 valence electrons. The number of carboxylic acids is 1. The molecule has 0 spiro atoms. The highest BCUT2D eigenvalue weighted by atomic mass is 35.5. The molecule has 3 rings (SSSR count). The topological polar surface area (TPSA) is 66.4 Å². The molecule has 1 aromatic carbocycles. The molecule has 1 aromatic rings. The summed E-state index contributed by atoms with van der Waals surface area (Å²) in [6, 6.07) is 7.90. The van der Waals surface area contributed by atoms with Crippen molar-refractivity contribution in [2.45, 2.75) is 83.5 Å². The lowest BCUT2D eigenvalue weighted by molar-refractivity contribution is -0.136. The number of benzene rings is 1. The lowest BCUT2D eigenvalue weighted by Gasteiger charge is -2.27. The van der Waals surface area contributed by atoms with Gasteiger partial charge in [0.1, 0.15) is 0 Å². The average molecular weight is 460 g/mol. The quantitative estimate of drug-likeness (QED) is 0.410. The minimum atomic E-state index is -0.902. The van der Waals surface area contributed by atoms with Crippen molar-refractivity contribution in [2.75, 3.05) is 6.54 Å². The Balaban J connectivity index is 0.000000439. The average Bonchev–Trinajstić information content (AvgIpc) is 2.80. The summed E-state index contributed by atoms with van der Waals surface area (Å²) in [5.41, 5.74) is 1.93. The zero-order valence-electron chi connectivity index (χ0n) is 19.3. The number of hydrogen-bond donors (Lipinski definition) is 2. The summed E-state index contributed by atoms with van der Waals surface area (Å²) in [6.45, 7) is 2.40. The number of amides is 1. The molecule has 0 aliphatic heterocycles. The zero-order chi connectivity index (χ0) is 23.2. The third-order valence-corrected chi connectivity index (χ3v) is 6.53. The third kappa shape index (κ3) is 10.0. The van der Waals surface area contributed by atoms with Crippen molar-refractivity contribution in [1.29, 1.82) is 0 Å². The van der Waals surface area contributed by atoms with Crippen LogP contribution in [0.1, 0.15) is 99.4 Å². The van der Waals surface area contributed by atoms with Crippen molar-refractivity contribution >= 4 is 23.5 Å². The summed E-state index contributed by atoms with van der Waals surface area (Å²) in [6.07, 6.45) is 18.6. The van der Waals surface area contributed by atoms with Gasteiger partial charge in [0.2, 0.25) is 0 Å². The molecule has 32 heavy (non-hydrogen) atoms. The molecule has 1 saturated carbocycles. The maximum absolute atomic E-state index is 12.0. The first kappa shape index (κ1) is 26.2. The highest BCUT2D eigenvalue weighted by molar-refractivity contribution is 6.29. The molecule has 0 aromatic heterocycles. The van der Waals surface area contributed by atoms with Gasteiger partial charge in [0.25, 0.3) is 5.91 Å². The van der Waals surface area contributed by atoms with Crippen LogP contribution in [-0.2, 0) is 4.79 Å². The number of allylic oxidation sites excluding steroid dienone is 4. The maximum Gasteiger partial charge on any atom is 0.305 e. The van der Waals surface area contributed by atoms with Crippen LogP contribution in [0.4, 0.5) is 0 Å². The molecule has 1 atom stereocenters. The van der Waals surface area contributed by atoms with Gasteiger partial charge in [-0.15, -0.1) is 0 Å². The molecule has 0 saturated heterocycles. The first-order valence-corrected chi connectivity index (χ1v) is 12.5. The number of carbonyl (C=O) groups is 2. The van der Waals surface area contributed by atoms with Gasteiger partial charge in [-0.05, 0) is 61.3 Å². The minimum absolute atomic E-state index is 0.0518. The number of nitrogens with one attached hydrogen (secondary N) is 1. The van der Waals surface area contributed by atoms with Crippen molar-refractivity contribution in [3.63, 3.8) is 0 Å². The number of aliphatic carboxylic acids is 1. The van der Waals surface area contributed by atoms with E-state index in [1.165, 1.54) is 56.9 Å². The van der Waals surface area contributed by atoms with E-state index in [0.29, 0.717) is 11.5 Å². The van der Waals surface area contributed by atoms with E-state index in [-0.39, 0.29) is 18.9 Å². The Labute approximate surface area is 198 Å². The van der Waals surface area contributed by atoms with Gasteiger partial charge in [-0.3, -0.25) is 9.59 Å². The second-order valence-electron chi connectivity index (χ2n) is 8.83. The van der Waals surface area contributed by atoms with E-state index in [4.69, 9.17) is 16.7 Å². The van der Waals surface area contributed by atoms with E-state index in [1.807, 2.05) is 24.3 Å². The smallest absolute Gasteiger partial charge is 0.305 e. The van der Waals surface area contributed by atoms with Crippen molar-refractivity contribution < 1.29 is 14.7 Å². The fourth-order valence-electron chi connectivity index (χ4n) is 4.46. The van der Waals surface area contributed by atoms with Crippen LogP contribution in [0.2, 0.25) is 0 Å². The van der Waals surface area contributed by atoms with Crippen LogP contribution >= 0.6 is 11.6 Å². The zero-order valence-corrected chi connectivity index (χ0v) is 20.1. The Morgan fingerprint density at radius 3 is 2.41 bits per heavy atom. The summed E-state index contributed by atoms with van der Waals surface area (Å²) in [4.78, 5) is 22.6. The first-order valence-electron chi connectivity index (χ1n) is 12.1. The number of carbonyl (C=O) groups excluding carboxylic acids is 1. The summed E-state index contributed by atoms with van der Waals surface area (Å²) in [7, 11) is 0. The van der Waals surface area contributed by atoms with E-state index >= 15 is 0 Å². The highest BCUT2D eigenvalue weighted by Gasteiger charge is 2.20. The molecule has 5 heteroatoms. The van der Waals surface area contributed by atoms with E-state index in [0.717, 1.165) is 23.8 Å². The van der Waals surface area contributed by atoms with Crippen molar-refractivity contribution in [3.05, 3.63) is 58.7 Å². The third-order valence-electron chi connectivity index (χ3n) is 6.21. The van der Waals surface area contributed by atoms with Crippen LogP contribution in [0.3, 0.4) is 0 Å². The standard InChI is InChI=1S/C21H31NO3.C6H7Cl/c1-2-6-19(15-16-7-4-3-5-8-16)17-9-11-18(12-10-17)21(25)22-14-13-20(23)24;7-6-4-2-1-3-5-6/h9-12,16,19H,2-8,13-15H2,1H3,(H,22,25)(H,23,24);1-2,4H,3,5H2. The first-order chi connectivity index (χ1) is 15.5.